The second-order valence-electron chi connectivity index (χ2n) is 1.83. The van der Waals surface area contributed by atoms with Crippen LogP contribution in [-0.2, 0) is 9.53 Å². The Balaban J connectivity index is 3.16. The van der Waals surface area contributed by atoms with Crippen molar-refractivity contribution in [2.24, 2.45) is 0 Å². The van der Waals surface area contributed by atoms with E-state index in [1.54, 1.807) is 13.1 Å². The van der Waals surface area contributed by atoms with Crippen LogP contribution in [0.1, 0.15) is 6.42 Å². The molecule has 0 unspecified atom stereocenters. The van der Waals surface area contributed by atoms with Gasteiger partial charge in [0.2, 0.25) is 0 Å². The zero-order valence-electron chi connectivity index (χ0n) is 6.22. The van der Waals surface area contributed by atoms with Crippen LogP contribution < -0.4 is 5.32 Å². The van der Waals surface area contributed by atoms with E-state index in [-0.39, 0.29) is 5.97 Å². The smallest absolute Gasteiger partial charge is 0.307 e. The molecule has 0 aromatic carbocycles. The highest BCUT2D eigenvalue weighted by Gasteiger charge is 1.97. The summed E-state index contributed by atoms with van der Waals surface area (Å²) in [6, 6.07) is 0. The highest BCUT2D eigenvalue weighted by Crippen LogP contribution is 1.83. The van der Waals surface area contributed by atoms with Gasteiger partial charge in [0.25, 0.3) is 0 Å². The number of ether oxygens (including phenoxy) is 1. The second-order valence-corrected chi connectivity index (χ2v) is 1.83. The van der Waals surface area contributed by atoms with E-state index in [0.29, 0.717) is 19.6 Å². The predicted molar refractivity (Wildman–Crippen MR) is 39.7 cm³/mol. The molecule has 0 rings (SSSR count). The molecular formula is C7H13NO2. The SMILES string of the molecule is C=CCOC(=O)CCNC. The van der Waals surface area contributed by atoms with E-state index in [2.05, 4.69) is 11.9 Å². The molecule has 0 aliphatic rings. The van der Waals surface area contributed by atoms with Gasteiger partial charge in [0.05, 0.1) is 6.42 Å². The zero-order chi connectivity index (χ0) is 7.82. The molecule has 0 radical (unpaired) electrons. The van der Waals surface area contributed by atoms with E-state index in [0.717, 1.165) is 0 Å². The molecule has 3 nitrogen and oxygen atoms in total. The molecule has 0 fully saturated rings. The van der Waals surface area contributed by atoms with Gasteiger partial charge in [0.1, 0.15) is 6.61 Å². The molecule has 0 bridgehead atoms. The van der Waals surface area contributed by atoms with Gasteiger partial charge in [-0.3, -0.25) is 4.79 Å². The lowest BCUT2D eigenvalue weighted by atomic mass is 10.4. The average molecular weight is 143 g/mol. The molecule has 0 aliphatic heterocycles. The highest BCUT2D eigenvalue weighted by molar-refractivity contribution is 5.69. The first-order valence-electron chi connectivity index (χ1n) is 3.22. The fraction of sp³-hybridized carbons (Fsp3) is 0.571. The molecule has 58 valence electrons. The molecule has 0 amide bonds. The summed E-state index contributed by atoms with van der Waals surface area (Å²) in [6.07, 6.45) is 1.97. The van der Waals surface area contributed by atoms with Crippen LogP contribution in [0, 0.1) is 0 Å². The van der Waals surface area contributed by atoms with E-state index < -0.39 is 0 Å². The number of rotatable bonds is 5. The Bertz CT molecular complexity index is 112. The van der Waals surface area contributed by atoms with Gasteiger partial charge in [-0.15, -0.1) is 0 Å². The van der Waals surface area contributed by atoms with Crippen molar-refractivity contribution in [2.45, 2.75) is 6.42 Å². The number of nitrogens with one attached hydrogen (secondary N) is 1. The standard InChI is InChI=1S/C7H13NO2/c1-3-6-10-7(9)4-5-8-2/h3,8H,1,4-6H2,2H3. The molecule has 0 spiro atoms. The first-order valence-corrected chi connectivity index (χ1v) is 3.22. The Kier molecular flexibility index (Phi) is 5.77. The number of hydrogen-bond acceptors (Lipinski definition) is 3. The summed E-state index contributed by atoms with van der Waals surface area (Å²) in [4.78, 5) is 10.7. The highest BCUT2D eigenvalue weighted by atomic mass is 16.5. The number of esters is 1. The number of carbonyl (C=O) groups is 1. The summed E-state index contributed by atoms with van der Waals surface area (Å²) >= 11 is 0. The monoisotopic (exact) mass is 143 g/mol. The maximum atomic E-state index is 10.7. The third-order valence-electron chi connectivity index (χ3n) is 0.941. The Morgan fingerprint density at radius 1 is 1.80 bits per heavy atom. The van der Waals surface area contributed by atoms with Crippen LogP contribution in [0.5, 0.6) is 0 Å². The van der Waals surface area contributed by atoms with Crippen LogP contribution >= 0.6 is 0 Å². The molecule has 1 N–H and O–H groups in total. The van der Waals surface area contributed by atoms with E-state index >= 15 is 0 Å². The van der Waals surface area contributed by atoms with Crippen LogP contribution in [0.2, 0.25) is 0 Å². The normalized spacial score (nSPS) is 8.90. The van der Waals surface area contributed by atoms with Crippen LogP contribution in [0.4, 0.5) is 0 Å². The lowest BCUT2D eigenvalue weighted by molar-refractivity contribution is -0.142. The number of carbonyl (C=O) groups excluding carboxylic acids is 1. The van der Waals surface area contributed by atoms with E-state index in [9.17, 15) is 4.79 Å². The summed E-state index contributed by atoms with van der Waals surface area (Å²) in [7, 11) is 1.79. The summed E-state index contributed by atoms with van der Waals surface area (Å²) < 4.78 is 4.70. The lowest BCUT2D eigenvalue weighted by Gasteiger charge is -1.99. The minimum atomic E-state index is -0.186. The third kappa shape index (κ3) is 5.31. The van der Waals surface area contributed by atoms with Crippen molar-refractivity contribution in [3.8, 4) is 0 Å². The Labute approximate surface area is 61.1 Å². The fourth-order valence-corrected chi connectivity index (χ4v) is 0.451. The first kappa shape index (κ1) is 9.17. The van der Waals surface area contributed by atoms with Gasteiger partial charge in [-0.25, -0.2) is 0 Å². The Morgan fingerprint density at radius 3 is 3.00 bits per heavy atom. The minimum Gasteiger partial charge on any atom is -0.461 e. The van der Waals surface area contributed by atoms with Crippen LogP contribution in [0.15, 0.2) is 12.7 Å². The third-order valence-corrected chi connectivity index (χ3v) is 0.941. The fourth-order valence-electron chi connectivity index (χ4n) is 0.451. The lowest BCUT2D eigenvalue weighted by Crippen LogP contribution is -2.14. The molecule has 3 heteroatoms. The van der Waals surface area contributed by atoms with Crippen LogP contribution in [0.3, 0.4) is 0 Å². The van der Waals surface area contributed by atoms with E-state index in [1.165, 1.54) is 0 Å². The molecule has 0 aromatic heterocycles. The van der Waals surface area contributed by atoms with Crippen molar-refractivity contribution < 1.29 is 9.53 Å². The van der Waals surface area contributed by atoms with E-state index in [4.69, 9.17) is 4.74 Å². The van der Waals surface area contributed by atoms with Crippen LogP contribution in [-0.4, -0.2) is 26.2 Å². The molecule has 10 heavy (non-hydrogen) atoms. The molecule has 0 heterocycles. The van der Waals surface area contributed by atoms with Gasteiger partial charge in [0.15, 0.2) is 0 Å². The van der Waals surface area contributed by atoms with Crippen LogP contribution in [0.25, 0.3) is 0 Å². The molecule has 0 saturated heterocycles. The van der Waals surface area contributed by atoms with Crippen molar-refractivity contribution in [3.63, 3.8) is 0 Å². The van der Waals surface area contributed by atoms with E-state index in [1.807, 2.05) is 0 Å². The van der Waals surface area contributed by atoms with Gasteiger partial charge < -0.3 is 10.1 Å². The molecule has 0 saturated carbocycles. The first-order chi connectivity index (χ1) is 4.81. The van der Waals surface area contributed by atoms with Gasteiger partial charge in [-0.2, -0.15) is 0 Å². The van der Waals surface area contributed by atoms with Crippen molar-refractivity contribution in [1.82, 2.24) is 5.32 Å². The minimum absolute atomic E-state index is 0.186. The van der Waals surface area contributed by atoms with Gasteiger partial charge in [-0.1, -0.05) is 12.7 Å². The Morgan fingerprint density at radius 2 is 2.50 bits per heavy atom. The summed E-state index contributed by atoms with van der Waals surface area (Å²) in [6.45, 7) is 4.39. The molecule has 0 aromatic rings. The predicted octanol–water partition coefficient (Wildman–Crippen LogP) is 0.325. The maximum Gasteiger partial charge on any atom is 0.307 e. The average Bonchev–Trinajstić information content (AvgIpc) is 1.97. The van der Waals surface area contributed by atoms with Crippen molar-refractivity contribution in [1.29, 1.82) is 0 Å². The summed E-state index contributed by atoms with van der Waals surface area (Å²) in [5.74, 6) is -0.186. The molecule has 0 aliphatic carbocycles. The summed E-state index contributed by atoms with van der Waals surface area (Å²) in [5, 5.41) is 2.85. The topological polar surface area (TPSA) is 38.3 Å². The van der Waals surface area contributed by atoms with Gasteiger partial charge >= 0.3 is 5.97 Å². The number of hydrogen-bond donors (Lipinski definition) is 1. The van der Waals surface area contributed by atoms with Gasteiger partial charge in [0, 0.05) is 6.54 Å². The largest absolute Gasteiger partial charge is 0.461 e. The van der Waals surface area contributed by atoms with Gasteiger partial charge in [-0.05, 0) is 7.05 Å². The second kappa shape index (κ2) is 6.29. The summed E-state index contributed by atoms with van der Waals surface area (Å²) in [5.41, 5.74) is 0. The van der Waals surface area contributed by atoms with Crippen molar-refractivity contribution in [2.75, 3.05) is 20.2 Å². The Hall–Kier alpha value is -0.830. The zero-order valence-corrected chi connectivity index (χ0v) is 6.22. The molecular weight excluding hydrogens is 130 g/mol. The quantitative estimate of drug-likeness (QED) is 0.445. The van der Waals surface area contributed by atoms with Crippen molar-refractivity contribution >= 4 is 5.97 Å². The maximum absolute atomic E-state index is 10.7. The van der Waals surface area contributed by atoms with Crippen molar-refractivity contribution in [3.05, 3.63) is 12.7 Å². The molecule has 0 atom stereocenters.